The maximum Gasteiger partial charge on any atom is 0.318 e. The first-order valence-corrected chi connectivity index (χ1v) is 8.88. The summed E-state index contributed by atoms with van der Waals surface area (Å²) in [5.41, 5.74) is 5.47. The monoisotopic (exact) mass is 362 g/mol. The van der Waals surface area contributed by atoms with E-state index in [1.807, 2.05) is 33.8 Å². The fourth-order valence-corrected chi connectivity index (χ4v) is 3.69. The summed E-state index contributed by atoms with van der Waals surface area (Å²) in [6.07, 6.45) is 0. The second kappa shape index (κ2) is 7.69. The molecule has 0 bridgehead atoms. The molecule has 1 aromatic carbocycles. The molecule has 0 radical (unpaired) electrons. The fourth-order valence-electron chi connectivity index (χ4n) is 2.46. The third-order valence-electron chi connectivity index (χ3n) is 3.63. The van der Waals surface area contributed by atoms with Crippen LogP contribution in [0, 0.1) is 5.92 Å². The lowest BCUT2D eigenvalue weighted by Gasteiger charge is -2.22. The molecule has 3 amide bonds. The van der Waals surface area contributed by atoms with Crippen LogP contribution in [0.1, 0.15) is 33.7 Å². The van der Waals surface area contributed by atoms with E-state index >= 15 is 0 Å². The van der Waals surface area contributed by atoms with E-state index in [-0.39, 0.29) is 17.5 Å². The van der Waals surface area contributed by atoms with E-state index in [2.05, 4.69) is 10.3 Å². The summed E-state index contributed by atoms with van der Waals surface area (Å²) >= 11 is 1.16. The van der Waals surface area contributed by atoms with Crippen molar-refractivity contribution < 1.29 is 9.59 Å². The molecule has 7 nitrogen and oxygen atoms in total. The molecule has 8 heteroatoms. The van der Waals surface area contributed by atoms with Gasteiger partial charge < -0.3 is 5.73 Å². The first-order valence-electron chi connectivity index (χ1n) is 8.00. The molecule has 1 aromatic heterocycles. The number of amides is 3. The predicted octanol–water partition coefficient (Wildman–Crippen LogP) is 2.29. The quantitative estimate of drug-likeness (QED) is 0.627. The minimum Gasteiger partial charge on any atom is -0.351 e. The van der Waals surface area contributed by atoms with Crippen molar-refractivity contribution in [1.82, 2.24) is 14.9 Å². The number of urea groups is 1. The number of rotatable bonds is 5. The molecule has 3 N–H and O–H groups in total. The summed E-state index contributed by atoms with van der Waals surface area (Å²) in [5.74, 6) is -0.585. The van der Waals surface area contributed by atoms with Crippen molar-refractivity contribution in [1.29, 1.82) is 0 Å². The van der Waals surface area contributed by atoms with Gasteiger partial charge >= 0.3 is 6.03 Å². The fraction of sp³-hybridized carbons (Fsp3) is 0.412. The summed E-state index contributed by atoms with van der Waals surface area (Å²) in [6.45, 7) is 7.49. The number of nitrogens with one attached hydrogen (secondary N) is 1. The van der Waals surface area contributed by atoms with Crippen LogP contribution in [0.4, 0.5) is 4.79 Å². The Morgan fingerprint density at radius 3 is 2.40 bits per heavy atom. The minimum atomic E-state index is -0.899. The van der Waals surface area contributed by atoms with Crippen LogP contribution < -0.4 is 16.6 Å². The first kappa shape index (κ1) is 19.0. The maximum atomic E-state index is 12.8. The zero-order valence-corrected chi connectivity index (χ0v) is 15.5. The van der Waals surface area contributed by atoms with Gasteiger partial charge in [-0.3, -0.25) is 19.5 Å². The van der Waals surface area contributed by atoms with Gasteiger partial charge in [0.25, 0.3) is 5.56 Å². The van der Waals surface area contributed by atoms with Crippen molar-refractivity contribution in [2.24, 2.45) is 11.7 Å². The van der Waals surface area contributed by atoms with E-state index in [0.29, 0.717) is 16.1 Å². The number of thioether (sulfide) groups is 1. The number of carbonyl (C=O) groups is 2. The lowest BCUT2D eigenvalue weighted by atomic mass is 10.1. The number of hydrogen-bond acceptors (Lipinski definition) is 5. The maximum absolute atomic E-state index is 12.8. The molecular formula is C17H22N4O3S. The van der Waals surface area contributed by atoms with Crippen LogP contribution in [0.2, 0.25) is 0 Å². The largest absolute Gasteiger partial charge is 0.351 e. The number of nitrogens with two attached hydrogens (primary N) is 1. The molecule has 0 fully saturated rings. The van der Waals surface area contributed by atoms with Crippen LogP contribution in [0.25, 0.3) is 10.9 Å². The number of aromatic nitrogens is 2. The number of benzene rings is 1. The Labute approximate surface area is 150 Å². The summed E-state index contributed by atoms with van der Waals surface area (Å²) in [7, 11) is 0. The second-order valence-electron chi connectivity index (χ2n) is 6.32. The molecule has 0 saturated heterocycles. The van der Waals surface area contributed by atoms with E-state index in [1.54, 1.807) is 22.8 Å². The highest BCUT2D eigenvalue weighted by atomic mass is 32.2. The van der Waals surface area contributed by atoms with Crippen molar-refractivity contribution in [2.75, 3.05) is 0 Å². The Morgan fingerprint density at radius 2 is 1.84 bits per heavy atom. The van der Waals surface area contributed by atoms with Gasteiger partial charge in [0.05, 0.1) is 16.2 Å². The Kier molecular flexibility index (Phi) is 5.84. The molecule has 1 heterocycles. The van der Waals surface area contributed by atoms with Gasteiger partial charge in [0.1, 0.15) is 0 Å². The topological polar surface area (TPSA) is 107 Å². The van der Waals surface area contributed by atoms with Gasteiger partial charge in [-0.15, -0.1) is 0 Å². The molecule has 0 saturated carbocycles. The highest BCUT2D eigenvalue weighted by Gasteiger charge is 2.27. The van der Waals surface area contributed by atoms with Crippen molar-refractivity contribution in [2.45, 2.75) is 44.1 Å². The van der Waals surface area contributed by atoms with Gasteiger partial charge in [0.2, 0.25) is 5.91 Å². The molecule has 0 aliphatic carbocycles. The van der Waals surface area contributed by atoms with Gasteiger partial charge in [-0.05, 0) is 31.9 Å². The zero-order valence-electron chi connectivity index (χ0n) is 14.6. The minimum absolute atomic E-state index is 0.0895. The molecule has 0 aliphatic heterocycles. The van der Waals surface area contributed by atoms with Crippen LogP contribution in [-0.2, 0) is 4.79 Å². The van der Waals surface area contributed by atoms with Crippen LogP contribution in [-0.4, -0.2) is 26.7 Å². The summed E-state index contributed by atoms with van der Waals surface area (Å²) in [6, 6.07) is 6.07. The van der Waals surface area contributed by atoms with Crippen molar-refractivity contribution in [3.05, 3.63) is 34.6 Å². The Morgan fingerprint density at radius 1 is 1.20 bits per heavy atom. The van der Waals surface area contributed by atoms with Gasteiger partial charge in [0, 0.05) is 6.04 Å². The van der Waals surface area contributed by atoms with E-state index in [0.717, 1.165) is 11.8 Å². The number of para-hydroxylation sites is 1. The summed E-state index contributed by atoms with van der Waals surface area (Å²) in [5, 5.41) is 2.48. The third-order valence-corrected chi connectivity index (χ3v) is 5.15. The average Bonchev–Trinajstić information content (AvgIpc) is 2.51. The van der Waals surface area contributed by atoms with E-state index < -0.39 is 17.2 Å². The van der Waals surface area contributed by atoms with E-state index in [9.17, 15) is 14.4 Å². The smallest absolute Gasteiger partial charge is 0.318 e. The molecule has 0 spiro atoms. The number of nitrogens with zero attached hydrogens (tertiary/aromatic N) is 2. The number of hydrogen-bond donors (Lipinski definition) is 2. The van der Waals surface area contributed by atoms with Crippen LogP contribution in [0.15, 0.2) is 34.2 Å². The van der Waals surface area contributed by atoms with Crippen LogP contribution in [0.3, 0.4) is 0 Å². The van der Waals surface area contributed by atoms with E-state index in [1.165, 1.54) is 0 Å². The van der Waals surface area contributed by atoms with Crippen LogP contribution >= 0.6 is 11.8 Å². The normalized spacial score (nSPS) is 12.6. The highest BCUT2D eigenvalue weighted by molar-refractivity contribution is 8.00. The lowest BCUT2D eigenvalue weighted by molar-refractivity contribution is -0.120. The molecule has 0 unspecified atom stereocenters. The second-order valence-corrected chi connectivity index (χ2v) is 7.43. The van der Waals surface area contributed by atoms with Crippen molar-refractivity contribution >= 4 is 34.6 Å². The molecule has 1 atom stereocenters. The number of primary amides is 1. The third kappa shape index (κ3) is 4.19. The standard InChI is InChI=1S/C17H22N4O3S/c1-9(2)13(14(22)20-16(18)24)25-17-19-12-8-6-5-7-11(12)15(23)21(17)10(3)4/h5-10,13H,1-4H3,(H3,18,20,22,24)/t13-/m1/s1. The Hall–Kier alpha value is -2.35. The van der Waals surface area contributed by atoms with Crippen molar-refractivity contribution in [3.8, 4) is 0 Å². The average molecular weight is 362 g/mol. The molecular weight excluding hydrogens is 340 g/mol. The van der Waals surface area contributed by atoms with Crippen molar-refractivity contribution in [3.63, 3.8) is 0 Å². The first-order chi connectivity index (χ1) is 11.7. The Bertz CT molecular complexity index is 861. The molecule has 25 heavy (non-hydrogen) atoms. The Balaban J connectivity index is 2.54. The lowest BCUT2D eigenvalue weighted by Crippen LogP contribution is -2.42. The van der Waals surface area contributed by atoms with Gasteiger partial charge in [-0.1, -0.05) is 37.7 Å². The van der Waals surface area contributed by atoms with Gasteiger partial charge in [0.15, 0.2) is 5.16 Å². The number of fused-ring (bicyclic) bond motifs is 1. The molecule has 2 rings (SSSR count). The van der Waals surface area contributed by atoms with E-state index in [4.69, 9.17) is 5.73 Å². The SMILES string of the molecule is CC(C)[C@@H](Sc1nc2ccccc2c(=O)n1C(C)C)C(=O)NC(N)=O. The summed E-state index contributed by atoms with van der Waals surface area (Å²) in [4.78, 5) is 40.7. The van der Waals surface area contributed by atoms with Gasteiger partial charge in [-0.2, -0.15) is 0 Å². The van der Waals surface area contributed by atoms with Crippen LogP contribution in [0.5, 0.6) is 0 Å². The summed E-state index contributed by atoms with van der Waals surface area (Å²) < 4.78 is 1.57. The predicted molar refractivity (Wildman–Crippen MR) is 98.6 cm³/mol. The number of carbonyl (C=O) groups excluding carboxylic acids is 2. The molecule has 134 valence electrons. The van der Waals surface area contributed by atoms with Gasteiger partial charge in [-0.25, -0.2) is 9.78 Å². The zero-order chi connectivity index (χ0) is 18.7. The highest BCUT2D eigenvalue weighted by Crippen LogP contribution is 2.29. The number of imide groups is 1. The molecule has 0 aliphatic rings. The molecule has 2 aromatic rings.